The Bertz CT molecular complexity index is 585. The highest BCUT2D eigenvalue weighted by atomic mass is 16.5. The standard InChI is InChI=1S/C18H16O2/c19-17-13-7-12-16(20-17)18(14-8-3-1-4-9-14)15-10-5-2-6-11-15/h1-6,8-11H,7,12-13H2. The van der Waals surface area contributed by atoms with Crippen molar-refractivity contribution in [3.8, 4) is 0 Å². The zero-order valence-electron chi connectivity index (χ0n) is 11.2. The molecule has 1 heterocycles. The summed E-state index contributed by atoms with van der Waals surface area (Å²) in [6.45, 7) is 0. The molecule has 2 heteroatoms. The summed E-state index contributed by atoms with van der Waals surface area (Å²) in [4.78, 5) is 11.6. The molecule has 1 fully saturated rings. The number of benzene rings is 2. The molecule has 20 heavy (non-hydrogen) atoms. The summed E-state index contributed by atoms with van der Waals surface area (Å²) in [6, 6.07) is 20.2. The van der Waals surface area contributed by atoms with Gasteiger partial charge in [-0.2, -0.15) is 0 Å². The first kappa shape index (κ1) is 12.7. The van der Waals surface area contributed by atoms with E-state index in [1.54, 1.807) is 0 Å². The van der Waals surface area contributed by atoms with Gasteiger partial charge in [-0.05, 0) is 17.5 Å². The molecule has 1 aliphatic heterocycles. The summed E-state index contributed by atoms with van der Waals surface area (Å²) >= 11 is 0. The van der Waals surface area contributed by atoms with E-state index in [1.807, 2.05) is 36.4 Å². The van der Waals surface area contributed by atoms with Crippen LogP contribution in [0.2, 0.25) is 0 Å². The van der Waals surface area contributed by atoms with Crippen molar-refractivity contribution in [3.63, 3.8) is 0 Å². The smallest absolute Gasteiger partial charge is 0.310 e. The Morgan fingerprint density at radius 3 is 1.85 bits per heavy atom. The first-order valence-corrected chi connectivity index (χ1v) is 6.89. The van der Waals surface area contributed by atoms with Crippen molar-refractivity contribution in [1.82, 2.24) is 0 Å². The van der Waals surface area contributed by atoms with Gasteiger partial charge >= 0.3 is 5.97 Å². The van der Waals surface area contributed by atoms with Crippen molar-refractivity contribution >= 4 is 11.5 Å². The van der Waals surface area contributed by atoms with Gasteiger partial charge in [-0.1, -0.05) is 60.7 Å². The number of ether oxygens (including phenoxy) is 1. The Balaban J connectivity index is 2.13. The lowest BCUT2D eigenvalue weighted by Crippen LogP contribution is -2.12. The molecule has 100 valence electrons. The maximum Gasteiger partial charge on any atom is 0.310 e. The van der Waals surface area contributed by atoms with Crippen LogP contribution in [-0.4, -0.2) is 5.97 Å². The van der Waals surface area contributed by atoms with Crippen LogP contribution in [0.1, 0.15) is 30.4 Å². The molecule has 0 radical (unpaired) electrons. The van der Waals surface area contributed by atoms with E-state index in [-0.39, 0.29) is 5.97 Å². The van der Waals surface area contributed by atoms with Crippen LogP contribution in [0.25, 0.3) is 5.57 Å². The highest BCUT2D eigenvalue weighted by Gasteiger charge is 2.20. The second-order valence-electron chi connectivity index (χ2n) is 4.86. The number of esters is 1. The van der Waals surface area contributed by atoms with Gasteiger partial charge in [0, 0.05) is 18.4 Å². The van der Waals surface area contributed by atoms with Gasteiger partial charge in [-0.3, -0.25) is 4.79 Å². The van der Waals surface area contributed by atoms with E-state index in [9.17, 15) is 4.79 Å². The summed E-state index contributed by atoms with van der Waals surface area (Å²) in [5.74, 6) is 0.661. The Kier molecular flexibility index (Phi) is 3.64. The minimum Gasteiger partial charge on any atom is -0.430 e. The number of rotatable bonds is 2. The van der Waals surface area contributed by atoms with Crippen molar-refractivity contribution in [1.29, 1.82) is 0 Å². The fourth-order valence-electron chi connectivity index (χ4n) is 2.51. The molecule has 2 aromatic rings. The Morgan fingerprint density at radius 1 is 0.800 bits per heavy atom. The van der Waals surface area contributed by atoms with Gasteiger partial charge in [-0.25, -0.2) is 0 Å². The van der Waals surface area contributed by atoms with E-state index in [0.29, 0.717) is 6.42 Å². The molecular weight excluding hydrogens is 248 g/mol. The number of hydrogen-bond donors (Lipinski definition) is 0. The maximum absolute atomic E-state index is 11.6. The van der Waals surface area contributed by atoms with Gasteiger partial charge in [0.15, 0.2) is 0 Å². The average molecular weight is 264 g/mol. The molecule has 1 saturated heterocycles. The molecule has 0 unspecified atom stereocenters. The molecule has 0 atom stereocenters. The van der Waals surface area contributed by atoms with Gasteiger partial charge < -0.3 is 4.74 Å². The number of carbonyl (C=O) groups excluding carboxylic acids is 1. The second kappa shape index (κ2) is 5.74. The predicted octanol–water partition coefficient (Wildman–Crippen LogP) is 4.17. The van der Waals surface area contributed by atoms with Crippen molar-refractivity contribution in [2.24, 2.45) is 0 Å². The quantitative estimate of drug-likeness (QED) is 0.761. The maximum atomic E-state index is 11.6. The average Bonchev–Trinajstić information content (AvgIpc) is 2.50. The van der Waals surface area contributed by atoms with Crippen LogP contribution in [0.4, 0.5) is 0 Å². The normalized spacial score (nSPS) is 14.8. The van der Waals surface area contributed by atoms with Gasteiger partial charge in [-0.15, -0.1) is 0 Å². The summed E-state index contributed by atoms with van der Waals surface area (Å²) in [5, 5.41) is 0. The topological polar surface area (TPSA) is 26.3 Å². The van der Waals surface area contributed by atoms with Crippen molar-refractivity contribution in [2.75, 3.05) is 0 Å². The number of cyclic esters (lactones) is 1. The minimum atomic E-state index is -0.129. The third-order valence-corrected chi connectivity index (χ3v) is 3.43. The zero-order valence-corrected chi connectivity index (χ0v) is 11.2. The van der Waals surface area contributed by atoms with Crippen molar-refractivity contribution < 1.29 is 9.53 Å². The molecule has 0 amide bonds. The second-order valence-corrected chi connectivity index (χ2v) is 4.86. The Morgan fingerprint density at radius 2 is 1.35 bits per heavy atom. The van der Waals surface area contributed by atoms with E-state index in [1.165, 1.54) is 0 Å². The summed E-state index contributed by atoms with van der Waals surface area (Å²) in [7, 11) is 0. The fraction of sp³-hybridized carbons (Fsp3) is 0.167. The molecule has 1 aliphatic rings. The summed E-state index contributed by atoms with van der Waals surface area (Å²) < 4.78 is 5.50. The lowest BCUT2D eigenvalue weighted by atomic mass is 9.94. The third-order valence-electron chi connectivity index (χ3n) is 3.43. The van der Waals surface area contributed by atoms with Crippen LogP contribution in [0, 0.1) is 0 Å². The largest absolute Gasteiger partial charge is 0.430 e. The van der Waals surface area contributed by atoms with E-state index in [0.717, 1.165) is 35.3 Å². The first-order valence-electron chi connectivity index (χ1n) is 6.89. The van der Waals surface area contributed by atoms with Crippen LogP contribution in [0.5, 0.6) is 0 Å². The van der Waals surface area contributed by atoms with Gasteiger partial charge in [0.1, 0.15) is 5.76 Å². The van der Waals surface area contributed by atoms with E-state index < -0.39 is 0 Å². The highest BCUT2D eigenvalue weighted by Crippen LogP contribution is 2.32. The summed E-state index contributed by atoms with van der Waals surface area (Å²) in [6.07, 6.45) is 2.18. The molecule has 2 nitrogen and oxygen atoms in total. The van der Waals surface area contributed by atoms with Gasteiger partial charge in [0.05, 0.1) is 0 Å². The van der Waals surface area contributed by atoms with E-state index in [4.69, 9.17) is 4.74 Å². The first-order chi connectivity index (χ1) is 9.84. The molecule has 0 bridgehead atoms. The Hall–Kier alpha value is -2.35. The summed E-state index contributed by atoms with van der Waals surface area (Å²) in [5.41, 5.74) is 3.20. The van der Waals surface area contributed by atoms with Crippen LogP contribution in [0.3, 0.4) is 0 Å². The van der Waals surface area contributed by atoms with Crippen molar-refractivity contribution in [2.45, 2.75) is 19.3 Å². The Labute approximate surface area is 118 Å². The lowest BCUT2D eigenvalue weighted by Gasteiger charge is -2.19. The number of carbonyl (C=O) groups is 1. The number of allylic oxidation sites excluding steroid dienone is 1. The molecule has 0 saturated carbocycles. The third kappa shape index (κ3) is 2.64. The SMILES string of the molecule is O=C1CCCC(=C(c2ccccc2)c2ccccc2)O1. The highest BCUT2D eigenvalue weighted by molar-refractivity contribution is 5.84. The molecule has 0 aliphatic carbocycles. The molecular formula is C18H16O2. The predicted molar refractivity (Wildman–Crippen MR) is 78.8 cm³/mol. The molecule has 0 aromatic heterocycles. The van der Waals surface area contributed by atoms with Crippen LogP contribution >= 0.6 is 0 Å². The van der Waals surface area contributed by atoms with E-state index in [2.05, 4.69) is 24.3 Å². The van der Waals surface area contributed by atoms with Gasteiger partial charge in [0.25, 0.3) is 0 Å². The van der Waals surface area contributed by atoms with Gasteiger partial charge in [0.2, 0.25) is 0 Å². The monoisotopic (exact) mass is 264 g/mol. The van der Waals surface area contributed by atoms with Crippen LogP contribution < -0.4 is 0 Å². The van der Waals surface area contributed by atoms with Crippen LogP contribution in [-0.2, 0) is 9.53 Å². The van der Waals surface area contributed by atoms with Crippen molar-refractivity contribution in [3.05, 3.63) is 77.5 Å². The minimum absolute atomic E-state index is 0.129. The lowest BCUT2D eigenvalue weighted by molar-refractivity contribution is -0.141. The zero-order chi connectivity index (χ0) is 13.8. The number of hydrogen-bond acceptors (Lipinski definition) is 2. The molecule has 0 spiro atoms. The fourth-order valence-corrected chi connectivity index (χ4v) is 2.51. The molecule has 2 aromatic carbocycles. The van der Waals surface area contributed by atoms with Crippen LogP contribution in [0.15, 0.2) is 66.4 Å². The molecule has 3 rings (SSSR count). The molecule has 0 N–H and O–H groups in total. The van der Waals surface area contributed by atoms with E-state index >= 15 is 0 Å².